The molecule has 1 saturated heterocycles. The van der Waals surface area contributed by atoms with Crippen molar-refractivity contribution >= 4 is 11.6 Å². The Morgan fingerprint density at radius 2 is 1.62 bits per heavy atom. The highest BCUT2D eigenvalue weighted by molar-refractivity contribution is 5.94. The molecule has 1 aromatic heterocycles. The highest BCUT2D eigenvalue weighted by atomic mass is 16.1. The monoisotopic (exact) mass is 431 g/mol. The predicted molar refractivity (Wildman–Crippen MR) is 130 cm³/mol. The molecule has 4 rings (SSSR count). The first-order valence-corrected chi connectivity index (χ1v) is 11.5. The highest BCUT2D eigenvalue weighted by Gasteiger charge is 2.16. The Hall–Kier alpha value is -3.12. The van der Waals surface area contributed by atoms with Gasteiger partial charge in [0.25, 0.3) is 5.91 Å². The summed E-state index contributed by atoms with van der Waals surface area (Å²) in [6, 6.07) is 20.3. The normalized spacial score (nSPS) is 14.5. The van der Waals surface area contributed by atoms with E-state index < -0.39 is 0 Å². The number of carbonyl (C=O) groups excluding carboxylic acids is 1. The summed E-state index contributed by atoms with van der Waals surface area (Å²) in [7, 11) is 0. The third-order valence-electron chi connectivity index (χ3n) is 6.06. The van der Waals surface area contributed by atoms with E-state index in [4.69, 9.17) is 0 Å². The molecule has 0 bridgehead atoms. The lowest BCUT2D eigenvalue weighted by Gasteiger charge is -2.36. The number of nitrogens with one attached hydrogen (secondary N) is 1. The van der Waals surface area contributed by atoms with Crippen molar-refractivity contribution in [1.29, 1.82) is 0 Å². The highest BCUT2D eigenvalue weighted by Crippen LogP contribution is 2.16. The Bertz CT molecular complexity index is 1000. The number of aromatic nitrogens is 2. The zero-order valence-corrected chi connectivity index (χ0v) is 19.1. The molecular formula is C26H33N5O. The van der Waals surface area contributed by atoms with Crippen LogP contribution in [0.25, 0.3) is 5.69 Å². The number of anilines is 1. The standard InChI is InChI=1S/C26H33N5O/c1-21-20-22(2)31(28-21)25-12-10-23(11-13-25)26(32)27-14-6-7-15-29-16-18-30(19-17-29)24-8-4-3-5-9-24/h3-5,8-13,20H,6-7,14-19H2,1-2H3,(H,27,32). The van der Waals surface area contributed by atoms with Crippen LogP contribution >= 0.6 is 0 Å². The number of benzene rings is 2. The lowest BCUT2D eigenvalue weighted by Crippen LogP contribution is -2.46. The molecule has 2 aromatic carbocycles. The number of amides is 1. The molecule has 6 heteroatoms. The quantitative estimate of drug-likeness (QED) is 0.551. The van der Waals surface area contributed by atoms with E-state index in [9.17, 15) is 4.79 Å². The first-order chi connectivity index (χ1) is 15.6. The molecule has 2 heterocycles. The van der Waals surface area contributed by atoms with Crippen molar-refractivity contribution in [3.05, 3.63) is 77.6 Å². The van der Waals surface area contributed by atoms with Gasteiger partial charge in [0.1, 0.15) is 0 Å². The minimum Gasteiger partial charge on any atom is -0.369 e. The van der Waals surface area contributed by atoms with Gasteiger partial charge in [-0.25, -0.2) is 4.68 Å². The number of rotatable bonds is 8. The van der Waals surface area contributed by atoms with Crippen LogP contribution in [-0.2, 0) is 0 Å². The first kappa shape index (κ1) is 22.1. The summed E-state index contributed by atoms with van der Waals surface area (Å²) in [5.74, 6) is -0.0126. The van der Waals surface area contributed by atoms with Crippen LogP contribution in [0.3, 0.4) is 0 Å². The number of nitrogens with zero attached hydrogens (tertiary/aromatic N) is 4. The number of hydrogen-bond acceptors (Lipinski definition) is 4. The summed E-state index contributed by atoms with van der Waals surface area (Å²) in [5.41, 5.74) is 5.05. The molecule has 1 fully saturated rings. The second-order valence-electron chi connectivity index (χ2n) is 8.51. The third-order valence-corrected chi connectivity index (χ3v) is 6.06. The van der Waals surface area contributed by atoms with Crippen LogP contribution in [0.5, 0.6) is 0 Å². The summed E-state index contributed by atoms with van der Waals surface area (Å²) in [5, 5.41) is 7.54. The predicted octanol–water partition coefficient (Wildman–Crippen LogP) is 3.82. The second kappa shape index (κ2) is 10.5. The Morgan fingerprint density at radius 3 is 2.28 bits per heavy atom. The maximum absolute atomic E-state index is 12.4. The Balaban J connectivity index is 1.14. The van der Waals surface area contributed by atoms with Crippen molar-refractivity contribution in [2.75, 3.05) is 44.2 Å². The molecule has 32 heavy (non-hydrogen) atoms. The Morgan fingerprint density at radius 1 is 0.906 bits per heavy atom. The fraction of sp³-hybridized carbons (Fsp3) is 0.385. The number of hydrogen-bond donors (Lipinski definition) is 1. The maximum atomic E-state index is 12.4. The van der Waals surface area contributed by atoms with E-state index in [0.717, 1.165) is 62.6 Å². The summed E-state index contributed by atoms with van der Waals surface area (Å²) < 4.78 is 1.90. The summed E-state index contributed by atoms with van der Waals surface area (Å²) >= 11 is 0. The molecule has 0 atom stereocenters. The number of unbranched alkanes of at least 4 members (excludes halogenated alkanes) is 1. The van der Waals surface area contributed by atoms with Gasteiger partial charge in [-0.05, 0) is 75.7 Å². The molecular weight excluding hydrogens is 398 g/mol. The van der Waals surface area contributed by atoms with Gasteiger partial charge >= 0.3 is 0 Å². The number of aryl methyl sites for hydroxylation is 2. The van der Waals surface area contributed by atoms with Crippen molar-refractivity contribution in [2.24, 2.45) is 0 Å². The molecule has 0 spiro atoms. The fourth-order valence-corrected chi connectivity index (χ4v) is 4.28. The minimum absolute atomic E-state index is 0.0126. The van der Waals surface area contributed by atoms with E-state index >= 15 is 0 Å². The van der Waals surface area contributed by atoms with Crippen molar-refractivity contribution in [2.45, 2.75) is 26.7 Å². The van der Waals surface area contributed by atoms with Gasteiger partial charge in [0.15, 0.2) is 0 Å². The topological polar surface area (TPSA) is 53.4 Å². The molecule has 0 aliphatic carbocycles. The van der Waals surface area contributed by atoms with Gasteiger partial charge in [-0.1, -0.05) is 18.2 Å². The summed E-state index contributed by atoms with van der Waals surface area (Å²) in [6.07, 6.45) is 2.09. The van der Waals surface area contributed by atoms with Crippen LogP contribution in [0, 0.1) is 13.8 Å². The van der Waals surface area contributed by atoms with Crippen molar-refractivity contribution in [1.82, 2.24) is 20.0 Å². The van der Waals surface area contributed by atoms with Crippen molar-refractivity contribution in [3.8, 4) is 5.69 Å². The van der Waals surface area contributed by atoms with E-state index in [0.29, 0.717) is 12.1 Å². The third kappa shape index (κ3) is 5.56. The van der Waals surface area contributed by atoms with Crippen LogP contribution in [0.15, 0.2) is 60.7 Å². The van der Waals surface area contributed by atoms with Gasteiger partial charge in [0, 0.05) is 49.7 Å². The van der Waals surface area contributed by atoms with Crippen molar-refractivity contribution < 1.29 is 4.79 Å². The summed E-state index contributed by atoms with van der Waals surface area (Å²) in [4.78, 5) is 17.4. The number of para-hydroxylation sites is 1. The molecule has 0 saturated carbocycles. The summed E-state index contributed by atoms with van der Waals surface area (Å²) in [6.45, 7) is 10.2. The lowest BCUT2D eigenvalue weighted by atomic mass is 10.2. The van der Waals surface area contributed by atoms with Crippen LogP contribution in [-0.4, -0.2) is 59.9 Å². The molecule has 0 unspecified atom stereocenters. The van der Waals surface area contributed by atoms with Crippen LogP contribution in [0.1, 0.15) is 34.6 Å². The van der Waals surface area contributed by atoms with Crippen LogP contribution in [0.2, 0.25) is 0 Å². The van der Waals surface area contributed by atoms with Gasteiger partial charge < -0.3 is 10.2 Å². The van der Waals surface area contributed by atoms with E-state index in [1.54, 1.807) is 0 Å². The molecule has 1 aliphatic rings. The van der Waals surface area contributed by atoms with Gasteiger partial charge in [-0.15, -0.1) is 0 Å². The SMILES string of the molecule is Cc1cc(C)n(-c2ccc(C(=O)NCCCCN3CCN(c4ccccc4)CC3)cc2)n1. The number of carbonyl (C=O) groups is 1. The first-order valence-electron chi connectivity index (χ1n) is 11.5. The van der Waals surface area contributed by atoms with E-state index in [1.165, 1.54) is 5.69 Å². The van der Waals surface area contributed by atoms with Gasteiger partial charge in [0.05, 0.1) is 11.4 Å². The lowest BCUT2D eigenvalue weighted by molar-refractivity contribution is 0.0952. The molecule has 0 radical (unpaired) electrons. The number of piperazine rings is 1. The Labute approximate surface area is 190 Å². The average Bonchev–Trinajstić information content (AvgIpc) is 3.17. The molecule has 168 valence electrons. The smallest absolute Gasteiger partial charge is 0.251 e. The average molecular weight is 432 g/mol. The van der Waals surface area contributed by atoms with Crippen LogP contribution in [0.4, 0.5) is 5.69 Å². The molecule has 1 amide bonds. The van der Waals surface area contributed by atoms with Gasteiger partial charge in [0.2, 0.25) is 0 Å². The molecule has 1 aliphatic heterocycles. The van der Waals surface area contributed by atoms with Gasteiger partial charge in [-0.3, -0.25) is 9.69 Å². The Kier molecular flexibility index (Phi) is 7.22. The maximum Gasteiger partial charge on any atom is 0.251 e. The van der Waals surface area contributed by atoms with Crippen LogP contribution < -0.4 is 10.2 Å². The zero-order chi connectivity index (χ0) is 22.3. The van der Waals surface area contributed by atoms with Crippen molar-refractivity contribution in [3.63, 3.8) is 0 Å². The molecule has 6 nitrogen and oxygen atoms in total. The van der Waals surface area contributed by atoms with E-state index in [2.05, 4.69) is 50.5 Å². The van der Waals surface area contributed by atoms with Gasteiger partial charge in [-0.2, -0.15) is 5.10 Å². The zero-order valence-electron chi connectivity index (χ0n) is 19.1. The molecule has 3 aromatic rings. The minimum atomic E-state index is -0.0126. The van der Waals surface area contributed by atoms with E-state index in [1.807, 2.05) is 48.9 Å². The molecule has 1 N–H and O–H groups in total. The fourth-order valence-electron chi connectivity index (χ4n) is 4.28. The van der Waals surface area contributed by atoms with E-state index in [-0.39, 0.29) is 5.91 Å². The second-order valence-corrected chi connectivity index (χ2v) is 8.51. The largest absolute Gasteiger partial charge is 0.369 e.